The van der Waals surface area contributed by atoms with Crippen LogP contribution in [0, 0.1) is 12.7 Å². The summed E-state index contributed by atoms with van der Waals surface area (Å²) in [6, 6.07) is 24.4. The van der Waals surface area contributed by atoms with Crippen molar-refractivity contribution in [1.29, 1.82) is 0 Å². The van der Waals surface area contributed by atoms with Crippen LogP contribution in [-0.4, -0.2) is 5.97 Å². The summed E-state index contributed by atoms with van der Waals surface area (Å²) in [4.78, 5) is 15.2. The molecule has 0 aliphatic rings. The monoisotopic (exact) mass is 405 g/mol. The van der Waals surface area contributed by atoms with Crippen LogP contribution >= 0.6 is 10.5 Å². The summed E-state index contributed by atoms with van der Waals surface area (Å²) >= 11 is 0. The molecule has 0 spiro atoms. The number of rotatable bonds is 4. The maximum absolute atomic E-state index is 13.5. The van der Waals surface area contributed by atoms with Crippen LogP contribution in [0.4, 0.5) is 4.39 Å². The Morgan fingerprint density at radius 1 is 0.931 bits per heavy atom. The summed E-state index contributed by atoms with van der Waals surface area (Å²) in [5, 5.41) is 1.26. The van der Waals surface area contributed by atoms with E-state index < -0.39 is 11.6 Å². The maximum Gasteiger partial charge on any atom is 0.338 e. The van der Waals surface area contributed by atoms with E-state index in [0.29, 0.717) is 11.1 Å². The molecular weight excluding hydrogens is 383 g/mol. The molecule has 4 aromatic rings. The second kappa shape index (κ2) is 7.45. The number of hydrogen-bond donors (Lipinski definition) is 0. The number of thiophene rings is 1. The number of aryl methyl sites for hydroxylation is 1. The van der Waals surface area contributed by atoms with Crippen LogP contribution in [0.1, 0.15) is 34.6 Å². The van der Waals surface area contributed by atoms with Crippen molar-refractivity contribution in [3.8, 4) is 4.90 Å². The Hall–Kier alpha value is -2.98. The average Bonchev–Trinajstić information content (AvgIpc) is 3.03. The molecule has 2 nitrogen and oxygen atoms in total. The van der Waals surface area contributed by atoms with E-state index in [4.69, 9.17) is 4.74 Å². The molecule has 3 aromatic carbocycles. The Kier molecular flexibility index (Phi) is 4.97. The zero-order chi connectivity index (χ0) is 20.6. The summed E-state index contributed by atoms with van der Waals surface area (Å²) in [6.45, 7) is 5.67. The quantitative estimate of drug-likeness (QED) is 0.267. The number of esters is 1. The fraction of sp³-hybridized carbons (Fsp3) is 0.160. The van der Waals surface area contributed by atoms with Gasteiger partial charge in [-0.3, -0.25) is 0 Å². The summed E-state index contributed by atoms with van der Waals surface area (Å²) in [6.07, 6.45) is 0. The molecule has 0 saturated heterocycles. The number of benzene rings is 3. The van der Waals surface area contributed by atoms with Gasteiger partial charge in [-0.25, -0.2) is 9.18 Å². The van der Waals surface area contributed by atoms with E-state index in [2.05, 4.69) is 37.3 Å². The molecule has 146 valence electrons. The van der Waals surface area contributed by atoms with Crippen LogP contribution in [-0.2, 0) is 10.3 Å². The molecular formula is C25H22FO2S+. The number of ether oxygens (including phenoxy) is 1. The SMILES string of the molecule is Cc1cc2ccccc2[s+]1-c1ccc(C(=O)OC(C)(C)c2cccc(F)c2)cc1. The van der Waals surface area contributed by atoms with E-state index >= 15 is 0 Å². The van der Waals surface area contributed by atoms with Gasteiger partial charge in [0.15, 0.2) is 14.5 Å². The topological polar surface area (TPSA) is 26.3 Å². The Morgan fingerprint density at radius 2 is 1.66 bits per heavy atom. The molecule has 0 N–H and O–H groups in total. The molecule has 0 fully saturated rings. The minimum Gasteiger partial charge on any atom is -0.451 e. The smallest absolute Gasteiger partial charge is 0.338 e. The van der Waals surface area contributed by atoms with Gasteiger partial charge in [-0.1, -0.05) is 24.3 Å². The lowest BCUT2D eigenvalue weighted by Gasteiger charge is -2.25. The molecule has 0 saturated carbocycles. The molecule has 1 atom stereocenters. The van der Waals surface area contributed by atoms with Gasteiger partial charge in [-0.2, -0.15) is 0 Å². The molecule has 29 heavy (non-hydrogen) atoms. The Bertz CT molecular complexity index is 1190. The highest BCUT2D eigenvalue weighted by atomic mass is 32.2. The number of fused-ring (bicyclic) bond motifs is 1. The first-order chi connectivity index (χ1) is 13.8. The second-order valence-electron chi connectivity index (χ2n) is 7.53. The van der Waals surface area contributed by atoms with E-state index in [1.165, 1.54) is 32.0 Å². The molecule has 1 unspecified atom stereocenters. The minimum atomic E-state index is -0.927. The van der Waals surface area contributed by atoms with Crippen molar-refractivity contribution in [2.75, 3.05) is 0 Å². The summed E-state index contributed by atoms with van der Waals surface area (Å²) in [5.74, 6) is -0.773. The van der Waals surface area contributed by atoms with Crippen LogP contribution in [0.15, 0.2) is 78.9 Å². The summed E-state index contributed by atoms with van der Waals surface area (Å²) in [5.41, 5.74) is 0.173. The molecule has 4 rings (SSSR count). The van der Waals surface area contributed by atoms with Crippen molar-refractivity contribution >= 4 is 26.5 Å². The first-order valence-electron chi connectivity index (χ1n) is 9.46. The van der Waals surface area contributed by atoms with Gasteiger partial charge in [-0.05, 0) is 67.9 Å². The molecule has 0 aliphatic heterocycles. The summed E-state index contributed by atoms with van der Waals surface area (Å²) < 4.78 is 20.5. The largest absolute Gasteiger partial charge is 0.451 e. The van der Waals surface area contributed by atoms with Gasteiger partial charge in [0, 0.05) is 28.8 Å². The van der Waals surface area contributed by atoms with Crippen LogP contribution < -0.4 is 0 Å². The van der Waals surface area contributed by atoms with Gasteiger partial charge >= 0.3 is 5.97 Å². The molecule has 0 radical (unpaired) electrons. The fourth-order valence-corrected chi connectivity index (χ4v) is 5.69. The van der Waals surface area contributed by atoms with Crippen LogP contribution in [0.2, 0.25) is 0 Å². The zero-order valence-electron chi connectivity index (χ0n) is 16.6. The van der Waals surface area contributed by atoms with Gasteiger partial charge in [0.05, 0.1) is 5.56 Å². The Balaban J connectivity index is 1.59. The van der Waals surface area contributed by atoms with Gasteiger partial charge in [0.1, 0.15) is 11.4 Å². The lowest BCUT2D eigenvalue weighted by atomic mass is 9.98. The first-order valence-corrected chi connectivity index (χ1v) is 10.7. The number of hydrogen-bond acceptors (Lipinski definition) is 2. The lowest BCUT2D eigenvalue weighted by Crippen LogP contribution is -2.25. The molecule has 0 amide bonds. The van der Waals surface area contributed by atoms with Crippen LogP contribution in [0.25, 0.3) is 15.0 Å². The van der Waals surface area contributed by atoms with E-state index in [0.717, 1.165) is 0 Å². The van der Waals surface area contributed by atoms with Crippen molar-refractivity contribution in [3.63, 3.8) is 0 Å². The highest BCUT2D eigenvalue weighted by Crippen LogP contribution is 2.43. The predicted molar refractivity (Wildman–Crippen MR) is 117 cm³/mol. The zero-order valence-corrected chi connectivity index (χ0v) is 17.4. The van der Waals surface area contributed by atoms with Crippen molar-refractivity contribution in [1.82, 2.24) is 0 Å². The van der Waals surface area contributed by atoms with Crippen LogP contribution in [0.3, 0.4) is 0 Å². The maximum atomic E-state index is 13.5. The molecule has 1 heterocycles. The van der Waals surface area contributed by atoms with E-state index in [9.17, 15) is 9.18 Å². The number of carbonyl (C=O) groups is 1. The van der Waals surface area contributed by atoms with Crippen molar-refractivity contribution in [2.45, 2.75) is 26.4 Å². The first kappa shape index (κ1) is 19.3. The minimum absolute atomic E-state index is 0.116. The van der Waals surface area contributed by atoms with E-state index in [-0.39, 0.29) is 16.3 Å². The third-order valence-electron chi connectivity index (χ3n) is 5.01. The van der Waals surface area contributed by atoms with Crippen molar-refractivity contribution in [2.24, 2.45) is 0 Å². The normalized spacial score (nSPS) is 12.2. The number of halogens is 1. The summed E-state index contributed by atoms with van der Waals surface area (Å²) in [7, 11) is -0.116. The number of carbonyl (C=O) groups excluding carboxylic acids is 1. The molecule has 0 bridgehead atoms. The van der Waals surface area contributed by atoms with E-state index in [1.807, 2.05) is 12.1 Å². The third kappa shape index (κ3) is 3.81. The highest BCUT2D eigenvalue weighted by molar-refractivity contribution is 7.45. The fourth-order valence-electron chi connectivity index (χ4n) is 3.49. The van der Waals surface area contributed by atoms with Gasteiger partial charge in [0.2, 0.25) is 0 Å². The van der Waals surface area contributed by atoms with Crippen molar-refractivity contribution < 1.29 is 13.9 Å². The predicted octanol–water partition coefficient (Wildman–Crippen LogP) is 7.12. The molecule has 1 aromatic heterocycles. The second-order valence-corrected chi connectivity index (χ2v) is 9.70. The third-order valence-corrected chi connectivity index (χ3v) is 7.33. The molecule has 0 aliphatic carbocycles. The van der Waals surface area contributed by atoms with Crippen LogP contribution in [0.5, 0.6) is 0 Å². The average molecular weight is 406 g/mol. The van der Waals surface area contributed by atoms with E-state index in [1.54, 1.807) is 38.1 Å². The van der Waals surface area contributed by atoms with Crippen molar-refractivity contribution in [3.05, 3.63) is 101 Å². The molecule has 4 heteroatoms. The lowest BCUT2D eigenvalue weighted by molar-refractivity contribution is -0.00325. The van der Waals surface area contributed by atoms with Gasteiger partial charge in [-0.15, -0.1) is 0 Å². The van der Waals surface area contributed by atoms with Gasteiger partial charge in [0.25, 0.3) is 0 Å². The highest BCUT2D eigenvalue weighted by Gasteiger charge is 2.27. The van der Waals surface area contributed by atoms with Gasteiger partial charge < -0.3 is 4.74 Å². The standard InChI is InChI=1S/C25H22FO2S/c1-17-15-19-7-4-5-10-23(19)29(17)22-13-11-18(12-14-22)24(27)28-25(2,3)20-8-6-9-21(26)16-20/h4-16H,1-3H3/q+1. The Labute approximate surface area is 172 Å². The Morgan fingerprint density at radius 3 is 2.38 bits per heavy atom.